The maximum absolute atomic E-state index is 12.1. The van der Waals surface area contributed by atoms with Crippen LogP contribution in [0.25, 0.3) is 0 Å². The number of unbranched alkanes of at least 4 members (excludes halogenated alkanes) is 1. The fourth-order valence-corrected chi connectivity index (χ4v) is 2.66. The molecule has 4 nitrogen and oxygen atoms in total. The third-order valence-electron chi connectivity index (χ3n) is 4.11. The predicted octanol–water partition coefficient (Wildman–Crippen LogP) is 1.61. The Bertz CT molecular complexity index is 252. The summed E-state index contributed by atoms with van der Waals surface area (Å²) < 4.78 is 0. The Morgan fingerprint density at radius 1 is 1.37 bits per heavy atom. The number of carbonyl (C=O) groups excluding carboxylic acids is 1. The van der Waals surface area contributed by atoms with E-state index in [0.717, 1.165) is 51.5 Å². The highest BCUT2D eigenvalue weighted by Crippen LogP contribution is 2.15. The summed E-state index contributed by atoms with van der Waals surface area (Å²) in [5, 5.41) is 6.44. The van der Waals surface area contributed by atoms with Crippen molar-refractivity contribution < 1.29 is 4.79 Å². The minimum atomic E-state index is -0.00302. The van der Waals surface area contributed by atoms with E-state index in [1.807, 2.05) is 6.92 Å². The van der Waals surface area contributed by atoms with E-state index in [9.17, 15) is 4.79 Å². The van der Waals surface area contributed by atoms with Gasteiger partial charge in [-0.15, -0.1) is 0 Å². The fraction of sp³-hybridized carbons (Fsp3) is 0.933. The van der Waals surface area contributed by atoms with Crippen LogP contribution in [0.15, 0.2) is 0 Å². The lowest BCUT2D eigenvalue weighted by atomic mass is 9.97. The molecule has 1 saturated heterocycles. The Morgan fingerprint density at radius 3 is 2.63 bits per heavy atom. The average molecular weight is 269 g/mol. The van der Waals surface area contributed by atoms with Gasteiger partial charge in [0.1, 0.15) is 0 Å². The van der Waals surface area contributed by atoms with Gasteiger partial charge in [-0.2, -0.15) is 0 Å². The number of carbonyl (C=O) groups is 1. The quantitative estimate of drug-likeness (QED) is 0.658. The van der Waals surface area contributed by atoms with Crippen LogP contribution < -0.4 is 10.6 Å². The van der Waals surface area contributed by atoms with Gasteiger partial charge in [0.05, 0.1) is 6.04 Å². The summed E-state index contributed by atoms with van der Waals surface area (Å²) in [4.78, 5) is 14.4. The van der Waals surface area contributed by atoms with Crippen molar-refractivity contribution in [2.75, 3.05) is 32.7 Å². The fourth-order valence-electron chi connectivity index (χ4n) is 2.66. The van der Waals surface area contributed by atoms with E-state index in [-0.39, 0.29) is 11.9 Å². The van der Waals surface area contributed by atoms with Crippen LogP contribution in [-0.4, -0.2) is 49.6 Å². The number of rotatable bonds is 8. The highest BCUT2D eigenvalue weighted by molar-refractivity contribution is 5.81. The number of amides is 1. The van der Waals surface area contributed by atoms with Crippen molar-refractivity contribution in [1.82, 2.24) is 15.5 Å². The molecule has 1 aliphatic rings. The molecule has 1 rings (SSSR count). The molecule has 0 aromatic heterocycles. The molecule has 0 aromatic rings. The number of hydrogen-bond donors (Lipinski definition) is 2. The van der Waals surface area contributed by atoms with Crippen LogP contribution in [0, 0.1) is 5.92 Å². The number of likely N-dealkylation sites (N-methyl/N-ethyl adjacent to an activating group) is 1. The highest BCUT2D eigenvalue weighted by atomic mass is 16.2. The molecule has 0 saturated carbocycles. The molecular formula is C15H31N3O. The van der Waals surface area contributed by atoms with E-state index in [2.05, 4.69) is 29.4 Å². The first-order chi connectivity index (χ1) is 9.19. The van der Waals surface area contributed by atoms with Gasteiger partial charge in [0.15, 0.2) is 0 Å². The topological polar surface area (TPSA) is 44.4 Å². The van der Waals surface area contributed by atoms with Gasteiger partial charge in [0.2, 0.25) is 5.91 Å². The summed E-state index contributed by atoms with van der Waals surface area (Å²) in [7, 11) is 0. The van der Waals surface area contributed by atoms with E-state index in [0.29, 0.717) is 0 Å². The molecule has 1 atom stereocenters. The Kier molecular flexibility index (Phi) is 8.07. The first-order valence-electron chi connectivity index (χ1n) is 7.91. The first kappa shape index (κ1) is 16.4. The maximum Gasteiger partial charge on any atom is 0.237 e. The number of nitrogens with one attached hydrogen (secondary N) is 2. The molecule has 1 aliphatic heterocycles. The highest BCUT2D eigenvalue weighted by Gasteiger charge is 2.23. The molecule has 0 bridgehead atoms. The average Bonchev–Trinajstić information content (AvgIpc) is 2.45. The van der Waals surface area contributed by atoms with Crippen LogP contribution >= 0.6 is 0 Å². The Hall–Kier alpha value is -0.610. The molecule has 1 amide bonds. The van der Waals surface area contributed by atoms with Crippen molar-refractivity contribution in [3.05, 3.63) is 0 Å². The molecule has 0 spiro atoms. The van der Waals surface area contributed by atoms with E-state index in [4.69, 9.17) is 0 Å². The van der Waals surface area contributed by atoms with Crippen molar-refractivity contribution in [3.63, 3.8) is 0 Å². The van der Waals surface area contributed by atoms with Gasteiger partial charge < -0.3 is 10.6 Å². The van der Waals surface area contributed by atoms with Gasteiger partial charge in [-0.25, -0.2) is 0 Å². The smallest absolute Gasteiger partial charge is 0.237 e. The molecule has 112 valence electrons. The minimum absolute atomic E-state index is 0.00302. The lowest BCUT2D eigenvalue weighted by Gasteiger charge is -2.32. The zero-order valence-electron chi connectivity index (χ0n) is 12.9. The Labute approximate surface area is 118 Å². The zero-order chi connectivity index (χ0) is 14.1. The van der Waals surface area contributed by atoms with Crippen LogP contribution in [0.2, 0.25) is 0 Å². The zero-order valence-corrected chi connectivity index (χ0v) is 12.9. The maximum atomic E-state index is 12.1. The summed E-state index contributed by atoms with van der Waals surface area (Å²) in [5.74, 6) is 0.927. The van der Waals surface area contributed by atoms with Crippen molar-refractivity contribution in [3.8, 4) is 0 Å². The summed E-state index contributed by atoms with van der Waals surface area (Å²) >= 11 is 0. The van der Waals surface area contributed by atoms with Crippen LogP contribution in [0.1, 0.15) is 46.5 Å². The standard InChI is InChI=1S/C15H31N3O/c1-4-6-9-17-15(19)13(3)18(5-2)12-14-7-10-16-11-8-14/h13-14,16H,4-12H2,1-3H3,(H,17,19). The van der Waals surface area contributed by atoms with Gasteiger partial charge in [-0.1, -0.05) is 20.3 Å². The van der Waals surface area contributed by atoms with Crippen molar-refractivity contribution in [2.45, 2.75) is 52.5 Å². The van der Waals surface area contributed by atoms with Crippen LogP contribution in [0.3, 0.4) is 0 Å². The van der Waals surface area contributed by atoms with Crippen molar-refractivity contribution in [2.24, 2.45) is 5.92 Å². The number of piperidine rings is 1. The van der Waals surface area contributed by atoms with E-state index in [1.54, 1.807) is 0 Å². The number of nitrogens with zero attached hydrogens (tertiary/aromatic N) is 1. The molecular weight excluding hydrogens is 238 g/mol. The van der Waals surface area contributed by atoms with Crippen LogP contribution in [0.5, 0.6) is 0 Å². The normalized spacial score (nSPS) is 18.5. The van der Waals surface area contributed by atoms with E-state index < -0.39 is 0 Å². The molecule has 0 radical (unpaired) electrons. The molecule has 0 aliphatic carbocycles. The van der Waals surface area contributed by atoms with E-state index >= 15 is 0 Å². The largest absolute Gasteiger partial charge is 0.355 e. The molecule has 1 heterocycles. The lowest BCUT2D eigenvalue weighted by molar-refractivity contribution is -0.126. The second-order valence-electron chi connectivity index (χ2n) is 5.60. The van der Waals surface area contributed by atoms with Crippen LogP contribution in [0.4, 0.5) is 0 Å². The second kappa shape index (κ2) is 9.32. The first-order valence-corrected chi connectivity index (χ1v) is 7.91. The molecule has 4 heteroatoms. The molecule has 0 aromatic carbocycles. The van der Waals surface area contributed by atoms with E-state index in [1.165, 1.54) is 12.8 Å². The third-order valence-corrected chi connectivity index (χ3v) is 4.11. The van der Waals surface area contributed by atoms with Crippen LogP contribution in [-0.2, 0) is 4.79 Å². The summed E-state index contributed by atoms with van der Waals surface area (Å²) in [5.41, 5.74) is 0. The molecule has 1 fully saturated rings. The second-order valence-corrected chi connectivity index (χ2v) is 5.60. The summed E-state index contributed by atoms with van der Waals surface area (Å²) in [6, 6.07) is -0.00302. The summed E-state index contributed by atoms with van der Waals surface area (Å²) in [6.07, 6.45) is 4.67. The molecule has 2 N–H and O–H groups in total. The SMILES string of the molecule is CCCCNC(=O)C(C)N(CC)CC1CCNCC1. The van der Waals surface area contributed by atoms with Crippen molar-refractivity contribution in [1.29, 1.82) is 0 Å². The predicted molar refractivity (Wildman–Crippen MR) is 80.2 cm³/mol. The van der Waals surface area contributed by atoms with Gasteiger partial charge in [-0.3, -0.25) is 9.69 Å². The summed E-state index contributed by atoms with van der Waals surface area (Å²) in [6.45, 7) is 11.4. The third kappa shape index (κ3) is 5.91. The molecule has 1 unspecified atom stereocenters. The minimum Gasteiger partial charge on any atom is -0.355 e. The lowest BCUT2D eigenvalue weighted by Crippen LogP contribution is -2.48. The monoisotopic (exact) mass is 269 g/mol. The Balaban J connectivity index is 2.36. The van der Waals surface area contributed by atoms with Gasteiger partial charge in [0.25, 0.3) is 0 Å². The van der Waals surface area contributed by atoms with Gasteiger partial charge in [-0.05, 0) is 51.7 Å². The van der Waals surface area contributed by atoms with Gasteiger partial charge >= 0.3 is 0 Å². The number of hydrogen-bond acceptors (Lipinski definition) is 3. The Morgan fingerprint density at radius 2 is 2.05 bits per heavy atom. The molecule has 19 heavy (non-hydrogen) atoms. The van der Waals surface area contributed by atoms with Gasteiger partial charge in [0, 0.05) is 13.1 Å². The van der Waals surface area contributed by atoms with Crippen molar-refractivity contribution >= 4 is 5.91 Å².